The van der Waals surface area contributed by atoms with Crippen molar-refractivity contribution in [2.24, 2.45) is 0 Å². The second-order valence-corrected chi connectivity index (χ2v) is 8.83. The first-order valence-corrected chi connectivity index (χ1v) is 9.81. The third kappa shape index (κ3) is 2.55. The molecule has 22 heavy (non-hydrogen) atoms. The van der Waals surface area contributed by atoms with Crippen LogP contribution in [0.15, 0.2) is 18.5 Å². The molecule has 1 saturated heterocycles. The van der Waals surface area contributed by atoms with Crippen molar-refractivity contribution in [3.8, 4) is 0 Å². The Morgan fingerprint density at radius 2 is 2.00 bits per heavy atom. The van der Waals surface area contributed by atoms with Gasteiger partial charge in [-0.05, 0) is 31.7 Å². The van der Waals surface area contributed by atoms with Crippen LogP contribution in [0, 0.1) is 0 Å². The molecule has 0 radical (unpaired) electrons. The third-order valence-electron chi connectivity index (χ3n) is 5.09. The van der Waals surface area contributed by atoms with E-state index in [1.807, 2.05) is 16.9 Å². The van der Waals surface area contributed by atoms with E-state index in [1.165, 1.54) is 6.26 Å². The zero-order chi connectivity index (χ0) is 15.8. The normalized spacial score (nSPS) is 25.3. The summed E-state index contributed by atoms with van der Waals surface area (Å²) in [7, 11) is -3.40. The molecule has 1 aromatic rings. The van der Waals surface area contributed by atoms with Crippen LogP contribution >= 0.6 is 0 Å². The average molecular weight is 325 g/mol. The van der Waals surface area contributed by atoms with Crippen LogP contribution in [-0.2, 0) is 14.6 Å². The molecule has 1 aliphatic carbocycles. The number of sulfone groups is 1. The van der Waals surface area contributed by atoms with E-state index < -0.39 is 14.6 Å². The van der Waals surface area contributed by atoms with E-state index in [-0.39, 0.29) is 11.9 Å². The van der Waals surface area contributed by atoms with Crippen LogP contribution in [0.3, 0.4) is 0 Å². The Bertz CT molecular complexity index is 633. The highest BCUT2D eigenvalue weighted by molar-refractivity contribution is 7.92. The zero-order valence-corrected chi connectivity index (χ0v) is 13.8. The van der Waals surface area contributed by atoms with Crippen molar-refractivity contribution >= 4 is 15.7 Å². The summed E-state index contributed by atoms with van der Waals surface area (Å²) in [5.74, 6) is -0.190. The molecular formula is C15H23N3O3S. The Hall–Kier alpha value is -1.37. The predicted molar refractivity (Wildman–Crippen MR) is 83.1 cm³/mol. The molecule has 1 atom stereocenters. The molecule has 0 spiro atoms. The van der Waals surface area contributed by atoms with Crippen LogP contribution in [0.1, 0.15) is 44.6 Å². The van der Waals surface area contributed by atoms with Gasteiger partial charge in [-0.1, -0.05) is 12.8 Å². The quantitative estimate of drug-likeness (QED) is 0.842. The van der Waals surface area contributed by atoms with Crippen LogP contribution in [0.5, 0.6) is 0 Å². The highest BCUT2D eigenvalue weighted by atomic mass is 32.2. The standard InChI is InChI=1S/C15H23N3O3S/c1-22(20,21)15(7-2-3-8-15)14(19)17-10-4-6-13(12-17)18-11-5-9-16-18/h5,9,11,13H,2-4,6-8,10,12H2,1H3. The third-order valence-corrected chi connectivity index (χ3v) is 7.10. The number of hydrogen-bond donors (Lipinski definition) is 0. The highest BCUT2D eigenvalue weighted by Crippen LogP contribution is 2.39. The summed E-state index contributed by atoms with van der Waals surface area (Å²) in [4.78, 5) is 14.8. The summed E-state index contributed by atoms with van der Waals surface area (Å²) in [6, 6.07) is 2.01. The minimum absolute atomic E-state index is 0.144. The minimum atomic E-state index is -3.40. The van der Waals surface area contributed by atoms with Gasteiger partial charge in [0.15, 0.2) is 14.6 Å². The van der Waals surface area contributed by atoms with Crippen LogP contribution in [-0.4, -0.2) is 53.1 Å². The first kappa shape index (κ1) is 15.5. The molecule has 1 unspecified atom stereocenters. The van der Waals surface area contributed by atoms with Gasteiger partial charge in [0.25, 0.3) is 0 Å². The SMILES string of the molecule is CS(=O)(=O)C1(C(=O)N2CCCC(n3cccn3)C2)CCCC1. The Kier molecular flexibility index (Phi) is 4.01. The fourth-order valence-corrected chi connectivity index (χ4v) is 5.31. The summed E-state index contributed by atoms with van der Waals surface area (Å²) in [5.41, 5.74) is 0. The number of nitrogens with zero attached hydrogens (tertiary/aromatic N) is 3. The molecule has 1 saturated carbocycles. The Morgan fingerprint density at radius 1 is 1.27 bits per heavy atom. The van der Waals surface area contributed by atoms with Crippen molar-refractivity contribution in [2.45, 2.75) is 49.3 Å². The van der Waals surface area contributed by atoms with Gasteiger partial charge in [-0.25, -0.2) is 8.42 Å². The molecule has 0 bridgehead atoms. The van der Waals surface area contributed by atoms with E-state index in [1.54, 1.807) is 11.1 Å². The van der Waals surface area contributed by atoms with Gasteiger partial charge in [0.2, 0.25) is 5.91 Å². The maximum atomic E-state index is 13.0. The highest BCUT2D eigenvalue weighted by Gasteiger charge is 2.52. The van der Waals surface area contributed by atoms with Crippen LogP contribution < -0.4 is 0 Å². The van der Waals surface area contributed by atoms with Crippen LogP contribution in [0.2, 0.25) is 0 Å². The summed E-state index contributed by atoms with van der Waals surface area (Å²) < 4.78 is 25.3. The summed E-state index contributed by atoms with van der Waals surface area (Å²) in [6.45, 7) is 1.20. The fraction of sp³-hybridized carbons (Fsp3) is 0.733. The lowest BCUT2D eigenvalue weighted by Gasteiger charge is -2.38. The number of amides is 1. The van der Waals surface area contributed by atoms with E-state index in [9.17, 15) is 13.2 Å². The van der Waals surface area contributed by atoms with Gasteiger partial charge in [0.05, 0.1) is 6.04 Å². The molecule has 0 N–H and O–H groups in total. The van der Waals surface area contributed by atoms with Gasteiger partial charge in [-0.3, -0.25) is 9.48 Å². The molecule has 2 heterocycles. The number of likely N-dealkylation sites (tertiary alicyclic amines) is 1. The number of aromatic nitrogens is 2. The second kappa shape index (κ2) is 5.68. The summed E-state index contributed by atoms with van der Waals surface area (Å²) >= 11 is 0. The molecule has 1 aromatic heterocycles. The molecule has 1 aliphatic heterocycles. The number of rotatable bonds is 3. The lowest BCUT2D eigenvalue weighted by molar-refractivity contribution is -0.135. The molecule has 6 nitrogen and oxygen atoms in total. The number of hydrogen-bond acceptors (Lipinski definition) is 4. The number of carbonyl (C=O) groups excluding carboxylic acids is 1. The minimum Gasteiger partial charge on any atom is -0.339 e. The molecular weight excluding hydrogens is 302 g/mol. The van der Waals surface area contributed by atoms with E-state index in [2.05, 4.69) is 5.10 Å². The first-order chi connectivity index (χ1) is 10.4. The van der Waals surface area contributed by atoms with E-state index in [0.717, 1.165) is 25.7 Å². The smallest absolute Gasteiger partial charge is 0.244 e. The van der Waals surface area contributed by atoms with E-state index >= 15 is 0 Å². The number of piperidine rings is 1. The molecule has 2 fully saturated rings. The molecule has 122 valence electrons. The van der Waals surface area contributed by atoms with E-state index in [0.29, 0.717) is 25.9 Å². The van der Waals surface area contributed by atoms with Gasteiger partial charge in [0.1, 0.15) is 0 Å². The fourth-order valence-electron chi connectivity index (χ4n) is 3.83. The van der Waals surface area contributed by atoms with Gasteiger partial charge >= 0.3 is 0 Å². The largest absolute Gasteiger partial charge is 0.339 e. The molecule has 0 aromatic carbocycles. The van der Waals surface area contributed by atoms with Crippen molar-refractivity contribution in [1.82, 2.24) is 14.7 Å². The molecule has 3 rings (SSSR count). The summed E-state index contributed by atoms with van der Waals surface area (Å²) in [5, 5.41) is 4.26. The second-order valence-electron chi connectivity index (χ2n) is 6.51. The maximum absolute atomic E-state index is 13.0. The van der Waals surface area contributed by atoms with Crippen molar-refractivity contribution in [3.63, 3.8) is 0 Å². The van der Waals surface area contributed by atoms with Gasteiger partial charge < -0.3 is 4.90 Å². The number of carbonyl (C=O) groups is 1. The average Bonchev–Trinajstić information content (AvgIpc) is 3.17. The first-order valence-electron chi connectivity index (χ1n) is 7.92. The molecule has 2 aliphatic rings. The topological polar surface area (TPSA) is 72.3 Å². The molecule has 1 amide bonds. The predicted octanol–water partition coefficient (Wildman–Crippen LogP) is 1.40. The Morgan fingerprint density at radius 3 is 2.59 bits per heavy atom. The lowest BCUT2D eigenvalue weighted by atomic mass is 10.0. The zero-order valence-electron chi connectivity index (χ0n) is 12.9. The molecule has 7 heteroatoms. The van der Waals surface area contributed by atoms with Gasteiger partial charge in [-0.15, -0.1) is 0 Å². The van der Waals surface area contributed by atoms with Crippen LogP contribution in [0.25, 0.3) is 0 Å². The summed E-state index contributed by atoms with van der Waals surface area (Å²) in [6.07, 6.45) is 9.26. The maximum Gasteiger partial charge on any atom is 0.244 e. The Labute approximate surface area is 131 Å². The van der Waals surface area contributed by atoms with Gasteiger partial charge in [0, 0.05) is 31.7 Å². The van der Waals surface area contributed by atoms with Gasteiger partial charge in [-0.2, -0.15) is 5.10 Å². The van der Waals surface area contributed by atoms with E-state index in [4.69, 9.17) is 0 Å². The lowest BCUT2D eigenvalue weighted by Crippen LogP contribution is -2.54. The van der Waals surface area contributed by atoms with Crippen LogP contribution in [0.4, 0.5) is 0 Å². The van der Waals surface area contributed by atoms with Crippen molar-refractivity contribution in [1.29, 1.82) is 0 Å². The van der Waals surface area contributed by atoms with Crippen molar-refractivity contribution < 1.29 is 13.2 Å². The van der Waals surface area contributed by atoms with Crippen molar-refractivity contribution in [2.75, 3.05) is 19.3 Å². The monoisotopic (exact) mass is 325 g/mol. The Balaban J connectivity index is 1.82. The van der Waals surface area contributed by atoms with Crippen molar-refractivity contribution in [3.05, 3.63) is 18.5 Å².